The van der Waals surface area contributed by atoms with Crippen molar-refractivity contribution in [3.63, 3.8) is 0 Å². The second-order valence-corrected chi connectivity index (χ2v) is 5.86. The van der Waals surface area contributed by atoms with Crippen molar-refractivity contribution in [2.75, 3.05) is 0 Å². The van der Waals surface area contributed by atoms with E-state index in [1.165, 1.54) is 0 Å². The van der Waals surface area contributed by atoms with Gasteiger partial charge in [-0.25, -0.2) is 0 Å². The fourth-order valence-corrected chi connectivity index (χ4v) is 3.63. The molecule has 1 unspecified atom stereocenters. The Morgan fingerprint density at radius 3 is 2.43 bits per heavy atom. The number of carbonyl (C=O) groups excluding carboxylic acids is 2. The summed E-state index contributed by atoms with van der Waals surface area (Å²) in [5.74, 6) is 0.864. The molecular weight excluding hydrogens is 264 g/mol. The van der Waals surface area contributed by atoms with E-state index >= 15 is 0 Å². The molecule has 1 aromatic rings. The minimum absolute atomic E-state index is 0.00949. The summed E-state index contributed by atoms with van der Waals surface area (Å²) in [5.41, 5.74) is 3.21. The SMILES string of the molecule is CC1OC2=C(CCCC2)C2=C1C(=O)c1ccccc1C2=O. The lowest BCUT2D eigenvalue weighted by Gasteiger charge is -2.35. The molecule has 106 valence electrons. The van der Waals surface area contributed by atoms with Crippen LogP contribution in [-0.4, -0.2) is 17.7 Å². The zero-order chi connectivity index (χ0) is 14.6. The molecule has 3 nitrogen and oxygen atoms in total. The van der Waals surface area contributed by atoms with Crippen LogP contribution >= 0.6 is 0 Å². The van der Waals surface area contributed by atoms with E-state index in [1.807, 2.05) is 13.0 Å². The zero-order valence-electron chi connectivity index (χ0n) is 11.9. The molecule has 0 radical (unpaired) electrons. The van der Waals surface area contributed by atoms with Gasteiger partial charge >= 0.3 is 0 Å². The van der Waals surface area contributed by atoms with Gasteiger partial charge in [0.15, 0.2) is 11.6 Å². The number of hydrogen-bond acceptors (Lipinski definition) is 3. The Labute approximate surface area is 123 Å². The smallest absolute Gasteiger partial charge is 0.194 e. The van der Waals surface area contributed by atoms with Crippen molar-refractivity contribution in [3.8, 4) is 0 Å². The Morgan fingerprint density at radius 1 is 1.00 bits per heavy atom. The van der Waals surface area contributed by atoms with Crippen molar-refractivity contribution in [1.29, 1.82) is 0 Å². The molecule has 1 aromatic carbocycles. The number of allylic oxidation sites excluding steroid dienone is 3. The molecule has 0 fully saturated rings. The van der Waals surface area contributed by atoms with Crippen LogP contribution < -0.4 is 0 Å². The molecule has 0 saturated heterocycles. The van der Waals surface area contributed by atoms with Crippen LogP contribution in [0.15, 0.2) is 46.7 Å². The maximum Gasteiger partial charge on any atom is 0.194 e. The molecule has 0 amide bonds. The highest BCUT2D eigenvalue weighted by Crippen LogP contribution is 2.42. The topological polar surface area (TPSA) is 43.4 Å². The van der Waals surface area contributed by atoms with Crippen LogP contribution in [0.5, 0.6) is 0 Å². The Morgan fingerprint density at radius 2 is 1.67 bits per heavy atom. The number of benzene rings is 1. The normalized spacial score (nSPS) is 24.3. The van der Waals surface area contributed by atoms with Crippen molar-refractivity contribution >= 4 is 11.6 Å². The summed E-state index contributed by atoms with van der Waals surface area (Å²) in [4.78, 5) is 25.7. The molecule has 0 N–H and O–H groups in total. The van der Waals surface area contributed by atoms with Crippen LogP contribution in [-0.2, 0) is 4.74 Å². The van der Waals surface area contributed by atoms with Crippen LogP contribution in [0.4, 0.5) is 0 Å². The van der Waals surface area contributed by atoms with Crippen molar-refractivity contribution in [2.45, 2.75) is 38.7 Å². The largest absolute Gasteiger partial charge is 0.490 e. The van der Waals surface area contributed by atoms with Crippen LogP contribution in [0.1, 0.15) is 53.3 Å². The second kappa shape index (κ2) is 4.42. The van der Waals surface area contributed by atoms with Gasteiger partial charge in [-0.05, 0) is 26.2 Å². The molecule has 21 heavy (non-hydrogen) atoms. The first kappa shape index (κ1) is 12.6. The average molecular weight is 280 g/mol. The van der Waals surface area contributed by atoms with Crippen molar-refractivity contribution < 1.29 is 14.3 Å². The number of ketones is 2. The first-order chi connectivity index (χ1) is 10.2. The van der Waals surface area contributed by atoms with Gasteiger partial charge in [-0.15, -0.1) is 0 Å². The molecule has 2 aliphatic carbocycles. The molecule has 3 heteroatoms. The molecule has 0 saturated carbocycles. The molecule has 1 heterocycles. The lowest BCUT2D eigenvalue weighted by molar-refractivity contribution is 0.0877. The average Bonchev–Trinajstić information content (AvgIpc) is 2.51. The second-order valence-electron chi connectivity index (χ2n) is 5.86. The summed E-state index contributed by atoms with van der Waals surface area (Å²) >= 11 is 0. The fourth-order valence-electron chi connectivity index (χ4n) is 3.63. The summed E-state index contributed by atoms with van der Waals surface area (Å²) in [7, 11) is 0. The third kappa shape index (κ3) is 1.67. The minimum atomic E-state index is -0.332. The van der Waals surface area contributed by atoms with Gasteiger partial charge in [0.25, 0.3) is 0 Å². The van der Waals surface area contributed by atoms with Gasteiger partial charge in [0.2, 0.25) is 0 Å². The Kier molecular flexibility index (Phi) is 2.64. The van der Waals surface area contributed by atoms with Crippen LogP contribution in [0.25, 0.3) is 0 Å². The standard InChI is InChI=1S/C18H16O3/c1-10-15-16(13-8-4-5-9-14(13)21-10)18(20)12-7-3-2-6-11(12)17(15)19/h2-3,6-7,10H,4-5,8-9H2,1H3. The van der Waals surface area contributed by atoms with Crippen LogP contribution in [0, 0.1) is 0 Å². The minimum Gasteiger partial charge on any atom is -0.490 e. The van der Waals surface area contributed by atoms with Gasteiger partial charge in [0, 0.05) is 28.7 Å². The molecule has 0 aromatic heterocycles. The summed E-state index contributed by atoms with van der Waals surface area (Å²) in [5, 5.41) is 0. The predicted octanol–water partition coefficient (Wildman–Crippen LogP) is 3.61. The van der Waals surface area contributed by atoms with E-state index in [2.05, 4.69) is 0 Å². The van der Waals surface area contributed by atoms with Gasteiger partial charge in [-0.3, -0.25) is 9.59 Å². The Balaban J connectivity index is 1.97. The van der Waals surface area contributed by atoms with E-state index in [-0.39, 0.29) is 17.7 Å². The van der Waals surface area contributed by atoms with E-state index in [0.29, 0.717) is 22.3 Å². The van der Waals surface area contributed by atoms with Crippen molar-refractivity contribution in [3.05, 3.63) is 57.9 Å². The lowest BCUT2D eigenvalue weighted by Crippen LogP contribution is -2.34. The third-order valence-electron chi connectivity index (χ3n) is 4.60. The fraction of sp³-hybridized carbons (Fsp3) is 0.333. The summed E-state index contributed by atoms with van der Waals surface area (Å²) in [6.07, 6.45) is 3.52. The number of carbonyl (C=O) groups is 2. The number of rotatable bonds is 0. The molecule has 0 bridgehead atoms. The number of hydrogen-bond donors (Lipinski definition) is 0. The molecule has 1 aliphatic heterocycles. The Bertz CT molecular complexity index is 737. The molecular formula is C18H16O3. The van der Waals surface area contributed by atoms with E-state index in [9.17, 15) is 9.59 Å². The lowest BCUT2D eigenvalue weighted by atomic mass is 9.75. The molecule has 4 rings (SSSR count). The highest BCUT2D eigenvalue weighted by molar-refractivity contribution is 6.29. The van der Waals surface area contributed by atoms with E-state index in [0.717, 1.165) is 37.0 Å². The number of fused-ring (bicyclic) bond motifs is 2. The van der Waals surface area contributed by atoms with Gasteiger partial charge < -0.3 is 4.74 Å². The van der Waals surface area contributed by atoms with Crippen molar-refractivity contribution in [2.24, 2.45) is 0 Å². The summed E-state index contributed by atoms with van der Waals surface area (Å²) in [6, 6.07) is 7.10. The zero-order valence-corrected chi connectivity index (χ0v) is 11.9. The van der Waals surface area contributed by atoms with Crippen LogP contribution in [0.2, 0.25) is 0 Å². The number of Topliss-reactive ketones (excluding diaryl/α,β-unsaturated/α-hetero) is 2. The van der Waals surface area contributed by atoms with E-state index in [4.69, 9.17) is 4.74 Å². The van der Waals surface area contributed by atoms with Crippen LogP contribution in [0.3, 0.4) is 0 Å². The van der Waals surface area contributed by atoms with Gasteiger partial charge in [-0.1, -0.05) is 24.3 Å². The quantitative estimate of drug-likeness (QED) is 0.729. The maximum absolute atomic E-state index is 12.9. The predicted molar refractivity (Wildman–Crippen MR) is 78.2 cm³/mol. The maximum atomic E-state index is 12.9. The van der Waals surface area contributed by atoms with Crippen molar-refractivity contribution in [1.82, 2.24) is 0 Å². The molecule has 0 spiro atoms. The Hall–Kier alpha value is -2.16. The monoisotopic (exact) mass is 280 g/mol. The van der Waals surface area contributed by atoms with Gasteiger partial charge in [-0.2, -0.15) is 0 Å². The van der Waals surface area contributed by atoms with Gasteiger partial charge in [0.1, 0.15) is 11.9 Å². The highest BCUT2D eigenvalue weighted by atomic mass is 16.5. The van der Waals surface area contributed by atoms with Gasteiger partial charge in [0.05, 0.1) is 5.57 Å². The molecule has 3 aliphatic rings. The first-order valence-electron chi connectivity index (χ1n) is 7.50. The van der Waals surface area contributed by atoms with E-state index < -0.39 is 0 Å². The summed E-state index contributed by atoms with van der Waals surface area (Å²) in [6.45, 7) is 1.87. The number of ether oxygens (including phenoxy) is 1. The van der Waals surface area contributed by atoms with E-state index in [1.54, 1.807) is 18.2 Å². The summed E-state index contributed by atoms with van der Waals surface area (Å²) < 4.78 is 5.94. The third-order valence-corrected chi connectivity index (χ3v) is 4.60. The first-order valence-corrected chi connectivity index (χ1v) is 7.50. The highest BCUT2D eigenvalue weighted by Gasteiger charge is 2.41. The molecule has 1 atom stereocenters.